The number of carbonyl (C=O) groups excluding carboxylic acids is 1. The fraction of sp³-hybridized carbons (Fsp3) is 0.214. The fourth-order valence-electron chi connectivity index (χ4n) is 2.21. The normalized spacial score (nSPS) is 17.4. The van der Waals surface area contributed by atoms with Crippen molar-refractivity contribution >= 4 is 23.3 Å². The summed E-state index contributed by atoms with van der Waals surface area (Å²) in [7, 11) is 0. The first-order valence-electron chi connectivity index (χ1n) is 6.23. The molecule has 1 unspecified atom stereocenters. The molecule has 5 nitrogen and oxygen atoms in total. The van der Waals surface area contributed by atoms with Crippen molar-refractivity contribution in [1.29, 1.82) is 0 Å². The Morgan fingerprint density at radius 1 is 1.35 bits per heavy atom. The molecule has 0 saturated heterocycles. The molecule has 20 heavy (non-hydrogen) atoms. The first-order chi connectivity index (χ1) is 9.74. The lowest BCUT2D eigenvalue weighted by atomic mass is 9.97. The second-order valence-corrected chi connectivity index (χ2v) is 4.74. The number of nitrogens with one attached hydrogen (secondary N) is 1. The van der Waals surface area contributed by atoms with E-state index in [1.165, 1.54) is 6.20 Å². The van der Waals surface area contributed by atoms with E-state index in [4.69, 9.17) is 16.3 Å². The van der Waals surface area contributed by atoms with E-state index >= 15 is 0 Å². The Hall–Kier alpha value is -1.98. The third-order valence-corrected chi connectivity index (χ3v) is 3.29. The number of halogens is 1. The van der Waals surface area contributed by atoms with E-state index in [1.807, 2.05) is 24.3 Å². The molecule has 0 bridgehead atoms. The smallest absolute Gasteiger partial charge is 0.259 e. The lowest BCUT2D eigenvalue weighted by Gasteiger charge is -2.24. The van der Waals surface area contributed by atoms with E-state index in [9.17, 15) is 4.79 Å². The number of aromatic nitrogens is 2. The van der Waals surface area contributed by atoms with Gasteiger partial charge in [-0.25, -0.2) is 9.97 Å². The van der Waals surface area contributed by atoms with Crippen LogP contribution >= 0.6 is 11.6 Å². The molecule has 1 aromatic carbocycles. The quantitative estimate of drug-likeness (QED) is 0.862. The van der Waals surface area contributed by atoms with Gasteiger partial charge in [0.05, 0.1) is 6.61 Å². The second-order valence-electron chi connectivity index (χ2n) is 4.40. The first-order valence-corrected chi connectivity index (χ1v) is 6.60. The van der Waals surface area contributed by atoms with Gasteiger partial charge < -0.3 is 10.1 Å². The van der Waals surface area contributed by atoms with Gasteiger partial charge in [0.15, 0.2) is 6.10 Å². The predicted molar refractivity (Wildman–Crippen MR) is 74.5 cm³/mol. The minimum Gasteiger partial charge on any atom is -0.363 e. The highest BCUT2D eigenvalue weighted by Gasteiger charge is 2.27. The summed E-state index contributed by atoms with van der Waals surface area (Å²) in [6.45, 7) is 0.527. The minimum absolute atomic E-state index is 0.0905. The molecule has 3 rings (SSSR count). The molecule has 0 spiro atoms. The van der Waals surface area contributed by atoms with Crippen molar-refractivity contribution in [2.45, 2.75) is 12.5 Å². The number of nitrogens with zero attached hydrogens (tertiary/aromatic N) is 2. The van der Waals surface area contributed by atoms with Crippen molar-refractivity contribution in [3.8, 4) is 0 Å². The maximum absolute atomic E-state index is 12.3. The average molecular weight is 290 g/mol. The number of hydrogen-bond donors (Lipinski definition) is 1. The summed E-state index contributed by atoms with van der Waals surface area (Å²) in [6, 6.07) is 9.36. The van der Waals surface area contributed by atoms with Crippen LogP contribution in [-0.2, 0) is 16.0 Å². The zero-order valence-electron chi connectivity index (χ0n) is 10.5. The molecule has 0 radical (unpaired) electrons. The van der Waals surface area contributed by atoms with Crippen LogP contribution in [0.3, 0.4) is 0 Å². The summed E-state index contributed by atoms with van der Waals surface area (Å²) in [4.78, 5) is 20.0. The summed E-state index contributed by atoms with van der Waals surface area (Å²) in [6.07, 6.45) is 1.69. The number of hydrogen-bond acceptors (Lipinski definition) is 4. The topological polar surface area (TPSA) is 64.1 Å². The summed E-state index contributed by atoms with van der Waals surface area (Å²) < 4.78 is 5.58. The number of amides is 1. The summed E-state index contributed by atoms with van der Waals surface area (Å²) in [5.41, 5.74) is 2.04. The number of fused-ring (bicyclic) bond motifs is 1. The highest BCUT2D eigenvalue weighted by atomic mass is 35.5. The Labute approximate surface area is 121 Å². The standard InChI is InChI=1S/C14H12ClN3O2/c15-14-16-7-5-11(18-14)17-13(19)12-10-4-2-1-3-9(10)6-8-20-12/h1-5,7,12H,6,8H2,(H,16,17,18,19). The summed E-state index contributed by atoms with van der Waals surface area (Å²) in [5, 5.41) is 2.78. The van der Waals surface area contributed by atoms with Crippen LogP contribution in [0.2, 0.25) is 5.28 Å². The average Bonchev–Trinajstić information content (AvgIpc) is 2.46. The van der Waals surface area contributed by atoms with Gasteiger partial charge in [-0.15, -0.1) is 0 Å². The first kappa shape index (κ1) is 13.0. The van der Waals surface area contributed by atoms with Gasteiger partial charge in [0.25, 0.3) is 5.91 Å². The van der Waals surface area contributed by atoms with Crippen molar-refractivity contribution in [1.82, 2.24) is 9.97 Å². The molecule has 1 amide bonds. The molecular weight excluding hydrogens is 278 g/mol. The highest BCUT2D eigenvalue weighted by Crippen LogP contribution is 2.27. The number of anilines is 1. The van der Waals surface area contributed by atoms with Crippen LogP contribution in [0.25, 0.3) is 0 Å². The predicted octanol–water partition coefficient (Wildman–Crippen LogP) is 2.38. The summed E-state index contributed by atoms with van der Waals surface area (Å²) in [5.74, 6) is 0.105. The van der Waals surface area contributed by atoms with Crippen LogP contribution in [-0.4, -0.2) is 22.5 Å². The van der Waals surface area contributed by atoms with Crippen LogP contribution < -0.4 is 5.32 Å². The third kappa shape index (κ3) is 2.64. The van der Waals surface area contributed by atoms with E-state index in [1.54, 1.807) is 6.07 Å². The lowest BCUT2D eigenvalue weighted by Crippen LogP contribution is -2.28. The van der Waals surface area contributed by atoms with Crippen molar-refractivity contribution in [2.75, 3.05) is 11.9 Å². The number of rotatable bonds is 2. The number of carbonyl (C=O) groups is 1. The molecule has 2 aromatic rings. The Kier molecular flexibility index (Phi) is 3.62. The van der Waals surface area contributed by atoms with Crippen LogP contribution in [0.4, 0.5) is 5.82 Å². The molecule has 0 aliphatic carbocycles. The van der Waals surface area contributed by atoms with Crippen molar-refractivity contribution < 1.29 is 9.53 Å². The molecule has 102 valence electrons. The van der Waals surface area contributed by atoms with Crippen LogP contribution in [0.15, 0.2) is 36.5 Å². The minimum atomic E-state index is -0.617. The molecule has 1 atom stereocenters. The van der Waals surface area contributed by atoms with Crippen LogP contribution in [0, 0.1) is 0 Å². The Morgan fingerprint density at radius 2 is 2.20 bits per heavy atom. The molecule has 1 aliphatic heterocycles. The zero-order chi connectivity index (χ0) is 13.9. The van der Waals surface area contributed by atoms with Gasteiger partial charge in [0.1, 0.15) is 5.82 Å². The van der Waals surface area contributed by atoms with E-state index in [-0.39, 0.29) is 11.2 Å². The molecule has 0 saturated carbocycles. The molecule has 6 heteroatoms. The molecule has 2 heterocycles. The van der Waals surface area contributed by atoms with Gasteiger partial charge in [-0.1, -0.05) is 24.3 Å². The van der Waals surface area contributed by atoms with Gasteiger partial charge in [-0.05, 0) is 35.2 Å². The Bertz CT molecular complexity index is 648. The van der Waals surface area contributed by atoms with Gasteiger partial charge in [0.2, 0.25) is 5.28 Å². The van der Waals surface area contributed by atoms with Crippen LogP contribution in [0.5, 0.6) is 0 Å². The molecule has 1 aliphatic rings. The number of ether oxygens (including phenoxy) is 1. The maximum Gasteiger partial charge on any atom is 0.259 e. The van der Waals surface area contributed by atoms with Gasteiger partial charge in [-0.2, -0.15) is 0 Å². The van der Waals surface area contributed by atoms with Crippen molar-refractivity contribution in [2.24, 2.45) is 0 Å². The summed E-state index contributed by atoms with van der Waals surface area (Å²) >= 11 is 5.69. The third-order valence-electron chi connectivity index (χ3n) is 3.11. The van der Waals surface area contributed by atoms with Crippen molar-refractivity contribution in [3.63, 3.8) is 0 Å². The Balaban J connectivity index is 1.82. The monoisotopic (exact) mass is 289 g/mol. The van der Waals surface area contributed by atoms with E-state index in [0.717, 1.165) is 17.5 Å². The number of benzene rings is 1. The van der Waals surface area contributed by atoms with Crippen molar-refractivity contribution in [3.05, 3.63) is 52.9 Å². The highest BCUT2D eigenvalue weighted by molar-refractivity contribution is 6.28. The fourth-order valence-corrected chi connectivity index (χ4v) is 2.35. The van der Waals surface area contributed by atoms with Gasteiger partial charge in [0, 0.05) is 6.20 Å². The molecular formula is C14H12ClN3O2. The largest absolute Gasteiger partial charge is 0.363 e. The van der Waals surface area contributed by atoms with E-state index in [0.29, 0.717) is 12.4 Å². The molecule has 1 N–H and O–H groups in total. The molecule has 1 aromatic heterocycles. The van der Waals surface area contributed by atoms with Gasteiger partial charge in [-0.3, -0.25) is 4.79 Å². The lowest BCUT2D eigenvalue weighted by molar-refractivity contribution is -0.128. The maximum atomic E-state index is 12.3. The van der Waals surface area contributed by atoms with E-state index < -0.39 is 6.10 Å². The Morgan fingerprint density at radius 3 is 3.05 bits per heavy atom. The second kappa shape index (κ2) is 5.56. The van der Waals surface area contributed by atoms with E-state index in [2.05, 4.69) is 15.3 Å². The molecule has 0 fully saturated rings. The SMILES string of the molecule is O=C(Nc1ccnc(Cl)n1)C1OCCc2ccccc21. The van der Waals surface area contributed by atoms with Gasteiger partial charge >= 0.3 is 0 Å². The zero-order valence-corrected chi connectivity index (χ0v) is 11.3. The van der Waals surface area contributed by atoms with Crippen LogP contribution in [0.1, 0.15) is 17.2 Å².